The lowest BCUT2D eigenvalue weighted by atomic mass is 9.90. The normalized spacial score (nSPS) is 14.9. The Kier molecular flexibility index (Phi) is 37.1. The fourth-order valence-electron chi connectivity index (χ4n) is 7.74. The fourth-order valence-corrected chi connectivity index (χ4v) is 7.74. The molecule has 0 unspecified atom stereocenters. The van der Waals surface area contributed by atoms with E-state index in [2.05, 4.69) is 151 Å². The van der Waals surface area contributed by atoms with Crippen LogP contribution in [0.15, 0.2) is 139 Å². The SMILES string of the molecule is COC(=O)OC(=O)OC.COC1=C(OC)C(=O)C(C/C=C(\C)CC/C=C(\C)CC/C=C(\C)CC/C=C(\C)CC/C=C(\C)CC/C=C(\C)CC/C=C(\C)CC/C=C(\C)CC/C=C(\C)CCC=C(C)C)=C(C)C1=O. The Morgan fingerprint density at radius 3 is 0.833 bits per heavy atom. The number of rotatable bonds is 31. The molecule has 0 saturated carbocycles. The molecule has 0 spiro atoms. The predicted octanol–water partition coefficient (Wildman–Crippen LogP) is 18.4. The van der Waals surface area contributed by atoms with Crippen molar-refractivity contribution in [1.29, 1.82) is 0 Å². The van der Waals surface area contributed by atoms with E-state index in [4.69, 9.17) is 9.47 Å². The average Bonchev–Trinajstić information content (AvgIpc) is 3.32. The summed E-state index contributed by atoms with van der Waals surface area (Å²) in [6, 6.07) is 0. The minimum absolute atomic E-state index is 0.00667. The maximum atomic E-state index is 12.9. The van der Waals surface area contributed by atoms with Crippen LogP contribution in [0, 0.1) is 0 Å². The number of Topliss-reactive ketones (excluding diaryl/α,β-unsaturated/α-hetero) is 2. The Labute approximate surface area is 437 Å². The molecule has 0 bridgehead atoms. The first-order valence-corrected chi connectivity index (χ1v) is 26.2. The highest BCUT2D eigenvalue weighted by Crippen LogP contribution is 2.28. The van der Waals surface area contributed by atoms with Gasteiger partial charge in [-0.15, -0.1) is 0 Å². The zero-order valence-corrected chi connectivity index (χ0v) is 47.9. The monoisotopic (exact) mass is 997 g/mol. The topological polar surface area (TPSA) is 114 Å². The summed E-state index contributed by atoms with van der Waals surface area (Å²) < 4.78 is 22.1. The molecule has 0 aromatic carbocycles. The van der Waals surface area contributed by atoms with Gasteiger partial charge in [-0.2, -0.15) is 0 Å². The van der Waals surface area contributed by atoms with Crippen molar-refractivity contribution in [2.45, 2.75) is 205 Å². The van der Waals surface area contributed by atoms with Gasteiger partial charge in [0.1, 0.15) is 0 Å². The maximum Gasteiger partial charge on any atom is 0.518 e. The molecule has 1 aliphatic rings. The van der Waals surface area contributed by atoms with Crippen molar-refractivity contribution in [3.63, 3.8) is 0 Å². The molecular weight excluding hydrogens is 901 g/mol. The smallest absolute Gasteiger partial charge is 0.489 e. The van der Waals surface area contributed by atoms with E-state index >= 15 is 0 Å². The second-order valence-corrected chi connectivity index (χ2v) is 19.6. The highest BCUT2D eigenvalue weighted by Gasteiger charge is 2.34. The van der Waals surface area contributed by atoms with Crippen LogP contribution in [0.25, 0.3) is 0 Å². The van der Waals surface area contributed by atoms with Gasteiger partial charge >= 0.3 is 12.3 Å². The summed E-state index contributed by atoms with van der Waals surface area (Å²) in [5, 5.41) is 0. The second kappa shape index (κ2) is 40.1. The zero-order valence-electron chi connectivity index (χ0n) is 47.9. The number of hydrogen-bond donors (Lipinski definition) is 0. The highest BCUT2D eigenvalue weighted by molar-refractivity contribution is 6.23. The van der Waals surface area contributed by atoms with E-state index in [0.29, 0.717) is 17.6 Å². The average molecular weight is 997 g/mol. The number of carbonyl (C=O) groups is 4. The van der Waals surface area contributed by atoms with Crippen LogP contribution in [0.1, 0.15) is 205 Å². The van der Waals surface area contributed by atoms with E-state index in [0.717, 1.165) is 111 Å². The quantitative estimate of drug-likeness (QED) is 0.0290. The van der Waals surface area contributed by atoms with Crippen molar-refractivity contribution in [2.75, 3.05) is 28.4 Å². The molecule has 0 atom stereocenters. The lowest BCUT2D eigenvalue weighted by Gasteiger charge is -2.19. The van der Waals surface area contributed by atoms with Gasteiger partial charge in [-0.1, -0.05) is 116 Å². The first-order chi connectivity index (χ1) is 34.2. The largest absolute Gasteiger partial charge is 0.518 e. The predicted molar refractivity (Wildman–Crippen MR) is 301 cm³/mol. The summed E-state index contributed by atoms with van der Waals surface area (Å²) in [4.78, 5) is 45.6. The highest BCUT2D eigenvalue weighted by atomic mass is 16.8. The van der Waals surface area contributed by atoms with Crippen molar-refractivity contribution in [2.24, 2.45) is 0 Å². The molecule has 0 fully saturated rings. The van der Waals surface area contributed by atoms with E-state index < -0.39 is 12.3 Å². The first kappa shape index (κ1) is 66.6. The zero-order chi connectivity index (χ0) is 54.4. The molecule has 0 aromatic heterocycles. The van der Waals surface area contributed by atoms with Crippen LogP contribution in [-0.2, 0) is 33.3 Å². The lowest BCUT2D eigenvalue weighted by Crippen LogP contribution is -2.24. The third-order valence-corrected chi connectivity index (χ3v) is 12.6. The molecule has 0 radical (unpaired) electrons. The molecule has 0 amide bonds. The van der Waals surface area contributed by atoms with E-state index in [1.807, 2.05) is 0 Å². The molecule has 0 N–H and O–H groups in total. The Balaban J connectivity index is 0.00000506. The molecule has 0 heterocycles. The summed E-state index contributed by atoms with van der Waals surface area (Å²) in [5.74, 6) is -0.572. The van der Waals surface area contributed by atoms with Gasteiger partial charge in [0.15, 0.2) is 0 Å². The van der Waals surface area contributed by atoms with Crippen LogP contribution in [-0.4, -0.2) is 52.3 Å². The van der Waals surface area contributed by atoms with Crippen LogP contribution in [0.3, 0.4) is 0 Å². The second-order valence-electron chi connectivity index (χ2n) is 19.6. The molecule has 9 heteroatoms. The van der Waals surface area contributed by atoms with Gasteiger partial charge < -0.3 is 23.7 Å². The van der Waals surface area contributed by atoms with Crippen LogP contribution in [0.2, 0.25) is 0 Å². The molecule has 0 aliphatic heterocycles. The summed E-state index contributed by atoms with van der Waals surface area (Å²) in [7, 11) is 4.95. The molecule has 402 valence electrons. The minimum Gasteiger partial charge on any atom is -0.489 e. The summed E-state index contributed by atoms with van der Waals surface area (Å²) >= 11 is 0. The number of methoxy groups -OCH3 is 4. The number of carbonyl (C=O) groups excluding carboxylic acids is 4. The first-order valence-electron chi connectivity index (χ1n) is 26.2. The molecule has 72 heavy (non-hydrogen) atoms. The van der Waals surface area contributed by atoms with E-state index in [1.165, 1.54) is 89.2 Å². The number of hydrogen-bond acceptors (Lipinski definition) is 9. The molecule has 0 saturated heterocycles. The third kappa shape index (κ3) is 32.5. The Bertz CT molecular complexity index is 2100. The van der Waals surface area contributed by atoms with Gasteiger partial charge in [0, 0.05) is 11.1 Å². The molecule has 1 aliphatic carbocycles. The summed E-state index contributed by atoms with van der Waals surface area (Å²) in [6.07, 6.45) is 42.1. The Hall–Kier alpha value is -5.44. The molecular formula is C63H96O9. The molecule has 0 aromatic rings. The summed E-state index contributed by atoms with van der Waals surface area (Å²) in [6.45, 7) is 26.3. The minimum atomic E-state index is -1.08. The van der Waals surface area contributed by atoms with Gasteiger partial charge in [-0.3, -0.25) is 9.59 Å². The van der Waals surface area contributed by atoms with Crippen molar-refractivity contribution in [3.8, 4) is 0 Å². The number of allylic oxidation sites excluding steroid dienone is 22. The van der Waals surface area contributed by atoms with E-state index in [9.17, 15) is 19.2 Å². The Morgan fingerprint density at radius 1 is 0.361 bits per heavy atom. The number of ketones is 2. The fraction of sp³-hybridized carbons (Fsp3) is 0.556. The van der Waals surface area contributed by atoms with Gasteiger partial charge in [-0.05, 0) is 205 Å². The summed E-state index contributed by atoms with van der Waals surface area (Å²) in [5.41, 5.74) is 15.5. The number of ether oxygens (including phenoxy) is 5. The van der Waals surface area contributed by atoms with Crippen LogP contribution >= 0.6 is 0 Å². The lowest BCUT2D eigenvalue weighted by molar-refractivity contribution is -0.121. The van der Waals surface area contributed by atoms with Gasteiger partial charge in [0.25, 0.3) is 0 Å². The molecule has 1 rings (SSSR count). The van der Waals surface area contributed by atoms with Crippen molar-refractivity contribution >= 4 is 23.9 Å². The Morgan fingerprint density at radius 2 is 0.597 bits per heavy atom. The van der Waals surface area contributed by atoms with Crippen LogP contribution < -0.4 is 0 Å². The molecule has 9 nitrogen and oxygen atoms in total. The van der Waals surface area contributed by atoms with Crippen LogP contribution in [0.5, 0.6) is 0 Å². The standard InChI is InChI=1S/C59H90O4.C4H6O5/c1-44(2)24-15-25-45(3)26-16-27-46(4)28-17-29-47(5)30-18-31-48(6)32-19-33-49(7)34-20-35-50(8)36-21-37-51(9)38-22-39-52(10)40-23-41-53(11)42-43-55-54(12)56(60)58(62-13)59(63-14)57(55)61;1-7-3(5)9-4(6)8-2/h24,26,28,30,32,34,36,38,40,42H,15-23,25,27,29,31,33,35,37,39,41,43H2,1-14H3;1-2H3/b45-26+,46-28+,47-30+,48-32+,49-34+,50-36+,51-38+,52-40+,53-42+;. The van der Waals surface area contributed by atoms with Gasteiger partial charge in [0.05, 0.1) is 28.4 Å². The van der Waals surface area contributed by atoms with Crippen molar-refractivity contribution < 1.29 is 42.9 Å². The van der Waals surface area contributed by atoms with Crippen molar-refractivity contribution in [3.05, 3.63) is 139 Å². The van der Waals surface area contributed by atoms with Gasteiger partial charge in [-0.25, -0.2) is 9.59 Å². The van der Waals surface area contributed by atoms with Crippen molar-refractivity contribution in [1.82, 2.24) is 0 Å². The van der Waals surface area contributed by atoms with Crippen LogP contribution in [0.4, 0.5) is 9.59 Å². The third-order valence-electron chi connectivity index (χ3n) is 12.6. The van der Waals surface area contributed by atoms with E-state index in [-0.39, 0.29) is 23.1 Å². The van der Waals surface area contributed by atoms with E-state index in [1.54, 1.807) is 6.92 Å². The maximum absolute atomic E-state index is 12.9. The van der Waals surface area contributed by atoms with Gasteiger partial charge in [0.2, 0.25) is 23.1 Å².